The van der Waals surface area contributed by atoms with Crippen molar-refractivity contribution in [1.82, 2.24) is 4.72 Å². The molecule has 0 saturated carbocycles. The number of hydrogen-bond acceptors (Lipinski definition) is 5. The Balaban J connectivity index is 2.99. The highest BCUT2D eigenvalue weighted by molar-refractivity contribution is 7.89. The first-order valence-corrected chi connectivity index (χ1v) is 8.39. The lowest BCUT2D eigenvalue weighted by Gasteiger charge is -2.09. The monoisotopic (exact) mass is 348 g/mol. The maximum Gasteiger partial charge on any atom is 0.263 e. The number of carbonyl (C=O) groups excluding carboxylic acids is 1. The maximum atomic E-state index is 12.3. The maximum absolute atomic E-state index is 12.3. The summed E-state index contributed by atoms with van der Waals surface area (Å²) in [6.45, 7) is 10.2. The Kier molecular flexibility index (Phi) is 6.60. The Morgan fingerprint density at radius 3 is 2.25 bits per heavy atom. The number of nitrogens with one attached hydrogen (secondary N) is 2. The smallest absolute Gasteiger partial charge is 0.263 e. The van der Waals surface area contributed by atoms with Crippen LogP contribution in [-0.2, 0) is 14.8 Å². The zero-order valence-electron chi connectivity index (χ0n) is 13.8. The van der Waals surface area contributed by atoms with Gasteiger partial charge in [0.1, 0.15) is 5.82 Å². The molecule has 1 aromatic carbocycles. The number of benzene rings is 1. The molecule has 0 aliphatic heterocycles. The van der Waals surface area contributed by atoms with Crippen LogP contribution in [0, 0.1) is 0 Å². The molecule has 0 saturated heterocycles. The first-order chi connectivity index (χ1) is 11.2. The molecule has 0 radical (unpaired) electrons. The van der Waals surface area contributed by atoms with Crippen LogP contribution in [0.2, 0.25) is 0 Å². The number of sulfonamides is 1. The average Bonchev–Trinajstić information content (AvgIpc) is 2.54. The first kappa shape index (κ1) is 19.3. The summed E-state index contributed by atoms with van der Waals surface area (Å²) in [5.41, 5.74) is 1.42. The summed E-state index contributed by atoms with van der Waals surface area (Å²) in [6, 6.07) is 5.72. The highest BCUT2D eigenvalue weighted by Gasteiger charge is 2.15. The molecular formula is C16H20N4O3S. The molecule has 0 fully saturated rings. The normalized spacial score (nSPS) is 12.5. The fourth-order valence-corrected chi connectivity index (χ4v) is 2.53. The summed E-state index contributed by atoms with van der Waals surface area (Å²) in [7, 11) is -2.24. The molecular weight excluding hydrogens is 328 g/mol. The van der Waals surface area contributed by atoms with Gasteiger partial charge in [-0.1, -0.05) is 6.58 Å². The van der Waals surface area contributed by atoms with Crippen molar-refractivity contribution in [2.75, 3.05) is 12.4 Å². The van der Waals surface area contributed by atoms with E-state index in [0.29, 0.717) is 17.0 Å². The number of rotatable bonds is 7. The minimum atomic E-state index is -3.82. The highest BCUT2D eigenvalue weighted by Crippen LogP contribution is 2.15. The summed E-state index contributed by atoms with van der Waals surface area (Å²) in [5.74, 6) is -0.267. The van der Waals surface area contributed by atoms with Gasteiger partial charge in [-0.15, -0.1) is 0 Å². The van der Waals surface area contributed by atoms with E-state index in [2.05, 4.69) is 33.3 Å². The van der Waals surface area contributed by atoms with E-state index in [1.807, 2.05) is 0 Å². The summed E-state index contributed by atoms with van der Waals surface area (Å²) >= 11 is 0. The lowest BCUT2D eigenvalue weighted by molar-refractivity contribution is -0.112. The molecule has 2 N–H and O–H groups in total. The van der Waals surface area contributed by atoms with E-state index in [4.69, 9.17) is 0 Å². The summed E-state index contributed by atoms with van der Waals surface area (Å²) in [5, 5.41) is 2.60. The van der Waals surface area contributed by atoms with Gasteiger partial charge in [0.15, 0.2) is 0 Å². The average molecular weight is 348 g/mol. The molecule has 0 unspecified atom stereocenters. The van der Waals surface area contributed by atoms with Crippen molar-refractivity contribution in [3.8, 4) is 0 Å². The van der Waals surface area contributed by atoms with Crippen LogP contribution in [0.5, 0.6) is 0 Å². The van der Waals surface area contributed by atoms with E-state index >= 15 is 0 Å². The topological polar surface area (TPSA) is 100.0 Å². The quantitative estimate of drug-likeness (QED) is 0.583. The van der Waals surface area contributed by atoms with Gasteiger partial charge < -0.3 is 5.32 Å². The lowest BCUT2D eigenvalue weighted by atomic mass is 10.3. The highest BCUT2D eigenvalue weighted by atomic mass is 32.2. The zero-order chi connectivity index (χ0) is 18.3. The molecule has 0 heterocycles. The van der Waals surface area contributed by atoms with E-state index in [9.17, 15) is 13.2 Å². The van der Waals surface area contributed by atoms with Crippen molar-refractivity contribution < 1.29 is 13.2 Å². The number of carbonyl (C=O) groups is 1. The Labute approximate surface area is 142 Å². The van der Waals surface area contributed by atoms with Gasteiger partial charge in [0.25, 0.3) is 15.9 Å². The van der Waals surface area contributed by atoms with Crippen LogP contribution >= 0.6 is 0 Å². The third kappa shape index (κ3) is 5.47. The van der Waals surface area contributed by atoms with Gasteiger partial charge in [-0.05, 0) is 44.8 Å². The van der Waals surface area contributed by atoms with Crippen LogP contribution in [0.15, 0.2) is 63.2 Å². The SMILES string of the molecule is C=N/C(=C\C(C)=N/C)NS(=O)(=O)c1ccc(NC(=O)C(=C)C)cc1. The van der Waals surface area contributed by atoms with Crippen molar-refractivity contribution in [1.29, 1.82) is 0 Å². The van der Waals surface area contributed by atoms with Crippen molar-refractivity contribution in [3.05, 3.63) is 48.3 Å². The van der Waals surface area contributed by atoms with Gasteiger partial charge in [-0.3, -0.25) is 14.5 Å². The van der Waals surface area contributed by atoms with Crippen molar-refractivity contribution in [2.24, 2.45) is 9.98 Å². The first-order valence-electron chi connectivity index (χ1n) is 6.91. The molecule has 24 heavy (non-hydrogen) atoms. The van der Waals surface area contributed by atoms with Crippen LogP contribution in [0.1, 0.15) is 13.8 Å². The minimum absolute atomic E-state index is 0.0245. The minimum Gasteiger partial charge on any atom is -0.322 e. The molecule has 1 aromatic rings. The number of aliphatic imine (C=N–C) groups is 2. The van der Waals surface area contributed by atoms with E-state index in [1.54, 1.807) is 20.9 Å². The molecule has 8 heteroatoms. The van der Waals surface area contributed by atoms with Gasteiger partial charge in [0.2, 0.25) is 0 Å². The molecule has 128 valence electrons. The summed E-state index contributed by atoms with van der Waals surface area (Å²) in [6.07, 6.45) is 1.46. The van der Waals surface area contributed by atoms with E-state index < -0.39 is 10.0 Å². The predicted octanol–water partition coefficient (Wildman–Crippen LogP) is 2.11. The molecule has 0 spiro atoms. The zero-order valence-corrected chi connectivity index (χ0v) is 14.6. The molecule has 0 aromatic heterocycles. The molecule has 0 bridgehead atoms. The molecule has 0 aliphatic carbocycles. The van der Waals surface area contributed by atoms with Gasteiger partial charge in [0.05, 0.1) is 4.90 Å². The van der Waals surface area contributed by atoms with Crippen molar-refractivity contribution in [2.45, 2.75) is 18.7 Å². The number of anilines is 1. The van der Waals surface area contributed by atoms with Crippen LogP contribution in [0.25, 0.3) is 0 Å². The predicted molar refractivity (Wildman–Crippen MR) is 96.9 cm³/mol. The van der Waals surface area contributed by atoms with E-state index in [1.165, 1.54) is 30.3 Å². The van der Waals surface area contributed by atoms with Crippen LogP contribution in [0.3, 0.4) is 0 Å². The largest absolute Gasteiger partial charge is 0.322 e. The fraction of sp³-hybridized carbons (Fsp3) is 0.188. The second-order valence-electron chi connectivity index (χ2n) is 4.92. The Morgan fingerprint density at radius 1 is 1.21 bits per heavy atom. The van der Waals surface area contributed by atoms with Crippen molar-refractivity contribution in [3.63, 3.8) is 0 Å². The van der Waals surface area contributed by atoms with Gasteiger partial charge in [-0.2, -0.15) is 0 Å². The third-order valence-electron chi connectivity index (χ3n) is 2.92. The molecule has 1 amide bonds. The lowest BCUT2D eigenvalue weighted by Crippen LogP contribution is -2.23. The Hall–Kier alpha value is -2.74. The second-order valence-corrected chi connectivity index (χ2v) is 6.60. The van der Waals surface area contributed by atoms with E-state index in [0.717, 1.165) is 0 Å². The standard InChI is InChI=1S/C16H20N4O3S/c1-11(2)16(21)19-13-6-8-14(9-7-13)24(22,23)20-15(18-5)10-12(3)17-4/h6-10,20H,1,5H2,2-4H3,(H,19,21)/b15-10+,17-12-. The van der Waals surface area contributed by atoms with Gasteiger partial charge >= 0.3 is 0 Å². The molecule has 1 rings (SSSR count). The Morgan fingerprint density at radius 2 is 1.79 bits per heavy atom. The fourth-order valence-electron chi connectivity index (χ4n) is 1.52. The Bertz CT molecular complexity index is 806. The number of nitrogens with zero attached hydrogens (tertiary/aromatic N) is 2. The summed E-state index contributed by atoms with van der Waals surface area (Å²) < 4.78 is 27.0. The van der Waals surface area contributed by atoms with Crippen molar-refractivity contribution >= 4 is 34.0 Å². The summed E-state index contributed by atoms with van der Waals surface area (Å²) in [4.78, 5) is 19.1. The van der Waals surface area contributed by atoms with Gasteiger partial charge in [-0.25, -0.2) is 13.4 Å². The van der Waals surface area contributed by atoms with Gasteiger partial charge in [0, 0.05) is 30.1 Å². The molecule has 0 aliphatic rings. The molecule has 7 nitrogen and oxygen atoms in total. The van der Waals surface area contributed by atoms with E-state index in [-0.39, 0.29) is 16.6 Å². The number of hydrogen-bond donors (Lipinski definition) is 2. The van der Waals surface area contributed by atoms with Crippen LogP contribution < -0.4 is 10.0 Å². The van der Waals surface area contributed by atoms with Crippen LogP contribution in [0.4, 0.5) is 5.69 Å². The van der Waals surface area contributed by atoms with Crippen LogP contribution in [-0.4, -0.2) is 33.8 Å². The third-order valence-corrected chi connectivity index (χ3v) is 4.29. The number of allylic oxidation sites excluding steroid dienone is 1. The number of amides is 1. The second kappa shape index (κ2) is 8.21. The molecule has 0 atom stereocenters.